The Morgan fingerprint density at radius 2 is 1.02 bits per heavy atom. The van der Waals surface area contributed by atoms with E-state index in [1.165, 1.54) is 22.7 Å². The molecule has 0 saturated heterocycles. The number of amides is 4. The molecule has 0 aliphatic heterocycles. The highest BCUT2D eigenvalue weighted by atomic mass is 32.1. The Morgan fingerprint density at radius 1 is 0.635 bits per heavy atom. The van der Waals surface area contributed by atoms with Crippen LogP contribution < -0.4 is 21.3 Å². The Bertz CT molecular complexity index is 1550. The van der Waals surface area contributed by atoms with E-state index in [0.717, 1.165) is 11.1 Å². The van der Waals surface area contributed by atoms with Gasteiger partial charge in [-0.15, -0.1) is 22.7 Å². The molecule has 5 N–H and O–H groups in total. The van der Waals surface area contributed by atoms with Crippen LogP contribution in [0.5, 0.6) is 0 Å². The third kappa shape index (κ3) is 12.7. The summed E-state index contributed by atoms with van der Waals surface area (Å²) in [4.78, 5) is 61.4. The number of aliphatic hydroxyl groups excluding tert-OH is 1. The maximum Gasteiger partial charge on any atom is 0.408 e. The first-order valence-electron chi connectivity index (χ1n) is 17.0. The standard InChI is InChI=1S/C37H46N6O7S2/c1-23(2)31(42-36(47)49-21-29-38-15-17-51-29)34(45)40-27(19-25-11-7-5-8-12-25)33(44)28(20-26-13-9-6-10-14-26)41-35(46)32(24(3)4)43-37(48)50-22-30-39-16-18-52-30/h5-18,23-24,27-28,31-33,44H,19-22H2,1-4H3,(H,40,45)(H,41,46)(H,42,47)(H,43,48)/t27-,28-,31-,32-/m0/s1. The average Bonchev–Trinajstić information content (AvgIpc) is 3.86. The highest BCUT2D eigenvalue weighted by Crippen LogP contribution is 2.16. The number of nitrogens with zero attached hydrogens (tertiary/aromatic N) is 2. The minimum atomic E-state index is -1.32. The molecule has 278 valence electrons. The van der Waals surface area contributed by atoms with Crippen LogP contribution in [-0.4, -0.2) is 69.3 Å². The van der Waals surface area contributed by atoms with Gasteiger partial charge >= 0.3 is 12.2 Å². The van der Waals surface area contributed by atoms with Crippen molar-refractivity contribution in [2.24, 2.45) is 11.8 Å². The SMILES string of the molecule is CC(C)[C@H](NC(=O)OCc1nccs1)C(=O)N[C@@H](Cc1ccccc1)C(O)[C@H](Cc1ccccc1)NC(=O)[C@@H](NC(=O)OCc1nccs1)C(C)C. The van der Waals surface area contributed by atoms with Gasteiger partial charge in [0.25, 0.3) is 0 Å². The lowest BCUT2D eigenvalue weighted by Gasteiger charge is -2.34. The van der Waals surface area contributed by atoms with Crippen molar-refractivity contribution in [2.45, 2.75) is 84.0 Å². The van der Waals surface area contributed by atoms with Crippen molar-refractivity contribution in [1.29, 1.82) is 0 Å². The smallest absolute Gasteiger partial charge is 0.408 e. The van der Waals surface area contributed by atoms with Gasteiger partial charge in [0.05, 0.1) is 18.2 Å². The van der Waals surface area contributed by atoms with Crippen molar-refractivity contribution >= 4 is 46.7 Å². The van der Waals surface area contributed by atoms with Crippen LogP contribution in [-0.2, 0) is 45.1 Å². The lowest BCUT2D eigenvalue weighted by molar-refractivity contribution is -0.126. The van der Waals surface area contributed by atoms with Crippen LogP contribution in [0.15, 0.2) is 83.8 Å². The zero-order valence-corrected chi connectivity index (χ0v) is 31.2. The summed E-state index contributed by atoms with van der Waals surface area (Å²) in [5.74, 6) is -1.74. The summed E-state index contributed by atoms with van der Waals surface area (Å²) in [7, 11) is 0. The summed E-state index contributed by atoms with van der Waals surface area (Å²) >= 11 is 2.68. The van der Waals surface area contributed by atoms with Gasteiger partial charge in [0.2, 0.25) is 11.8 Å². The lowest BCUT2D eigenvalue weighted by Crippen LogP contribution is -2.61. The molecular weight excluding hydrogens is 705 g/mol. The van der Waals surface area contributed by atoms with Gasteiger partial charge in [-0.1, -0.05) is 88.4 Å². The summed E-state index contributed by atoms with van der Waals surface area (Å²) in [6.45, 7) is 7.06. The lowest BCUT2D eigenvalue weighted by atomic mass is 9.91. The van der Waals surface area contributed by atoms with Crippen molar-refractivity contribution < 1.29 is 33.8 Å². The molecule has 0 spiro atoms. The van der Waals surface area contributed by atoms with Gasteiger partial charge in [-0.25, -0.2) is 19.6 Å². The van der Waals surface area contributed by atoms with Crippen molar-refractivity contribution in [3.63, 3.8) is 0 Å². The second kappa shape index (κ2) is 20.2. The number of benzene rings is 2. The van der Waals surface area contributed by atoms with Crippen LogP contribution in [0.1, 0.15) is 48.8 Å². The number of alkyl carbamates (subject to hydrolysis) is 2. The van der Waals surface area contributed by atoms with E-state index in [9.17, 15) is 24.3 Å². The molecule has 0 saturated carbocycles. The van der Waals surface area contributed by atoms with Gasteiger partial charge in [0, 0.05) is 23.2 Å². The molecule has 0 bridgehead atoms. The second-order valence-corrected chi connectivity index (χ2v) is 14.8. The van der Waals surface area contributed by atoms with E-state index in [2.05, 4.69) is 31.2 Å². The number of rotatable bonds is 18. The molecule has 4 atom stereocenters. The molecule has 4 aromatic rings. The number of hydrogen-bond acceptors (Lipinski definition) is 11. The van der Waals surface area contributed by atoms with Gasteiger partial charge in [-0.2, -0.15) is 0 Å². The highest BCUT2D eigenvalue weighted by molar-refractivity contribution is 7.09. The molecule has 0 aliphatic carbocycles. The van der Waals surface area contributed by atoms with Crippen LogP contribution in [0.4, 0.5) is 9.59 Å². The quantitative estimate of drug-likeness (QED) is 0.0970. The summed E-state index contributed by atoms with van der Waals surface area (Å²) in [6.07, 6.45) is 0.757. The maximum absolute atomic E-state index is 13.9. The molecule has 0 unspecified atom stereocenters. The van der Waals surface area contributed by atoms with Gasteiger partial charge in [0.15, 0.2) is 0 Å². The topological polar surface area (TPSA) is 181 Å². The van der Waals surface area contributed by atoms with Gasteiger partial charge in [-0.05, 0) is 35.8 Å². The number of aliphatic hydroxyl groups is 1. The predicted molar refractivity (Wildman–Crippen MR) is 198 cm³/mol. The first-order valence-corrected chi connectivity index (χ1v) is 18.8. The molecular formula is C37H46N6O7S2. The first-order chi connectivity index (χ1) is 25.0. The van der Waals surface area contributed by atoms with E-state index in [-0.39, 0.29) is 37.9 Å². The third-order valence-electron chi connectivity index (χ3n) is 8.14. The Balaban J connectivity index is 1.54. The summed E-state index contributed by atoms with van der Waals surface area (Å²) < 4.78 is 10.6. The summed E-state index contributed by atoms with van der Waals surface area (Å²) in [5.41, 5.74) is 1.66. The van der Waals surface area contributed by atoms with Crippen molar-refractivity contribution in [2.75, 3.05) is 0 Å². The van der Waals surface area contributed by atoms with Gasteiger partial charge < -0.3 is 35.8 Å². The van der Waals surface area contributed by atoms with E-state index < -0.39 is 54.3 Å². The number of nitrogens with one attached hydrogen (secondary N) is 4. The van der Waals surface area contributed by atoms with E-state index in [4.69, 9.17) is 9.47 Å². The van der Waals surface area contributed by atoms with Crippen LogP contribution in [0.2, 0.25) is 0 Å². The fraction of sp³-hybridized carbons (Fsp3) is 0.405. The number of ether oxygens (including phenoxy) is 2. The molecule has 15 heteroatoms. The largest absolute Gasteiger partial charge is 0.442 e. The number of carbonyl (C=O) groups excluding carboxylic acids is 4. The van der Waals surface area contributed by atoms with E-state index >= 15 is 0 Å². The zero-order chi connectivity index (χ0) is 37.5. The van der Waals surface area contributed by atoms with Gasteiger partial charge in [-0.3, -0.25) is 9.59 Å². The number of aromatic nitrogens is 2. The van der Waals surface area contributed by atoms with Crippen LogP contribution in [0, 0.1) is 11.8 Å². The molecule has 2 aromatic heterocycles. The van der Waals surface area contributed by atoms with Crippen molar-refractivity contribution in [1.82, 2.24) is 31.2 Å². The third-order valence-corrected chi connectivity index (χ3v) is 9.65. The monoisotopic (exact) mass is 750 g/mol. The van der Waals surface area contributed by atoms with Crippen LogP contribution in [0.3, 0.4) is 0 Å². The molecule has 2 heterocycles. The number of thiazole rings is 2. The molecule has 0 fully saturated rings. The van der Waals surface area contributed by atoms with Crippen molar-refractivity contribution in [3.05, 3.63) is 105 Å². The van der Waals surface area contributed by atoms with Crippen molar-refractivity contribution in [3.8, 4) is 0 Å². The van der Waals surface area contributed by atoms with E-state index in [1.807, 2.05) is 60.7 Å². The van der Waals surface area contributed by atoms with Gasteiger partial charge in [0.1, 0.15) is 35.3 Å². The summed E-state index contributed by atoms with van der Waals surface area (Å²) in [6, 6.07) is 14.8. The Kier molecular flexibility index (Phi) is 15.5. The Morgan fingerprint density at radius 3 is 1.35 bits per heavy atom. The number of hydrogen-bond donors (Lipinski definition) is 5. The normalized spacial score (nSPS) is 13.5. The molecule has 4 rings (SSSR count). The number of carbonyl (C=O) groups is 4. The molecule has 2 aromatic carbocycles. The van der Waals surface area contributed by atoms with Crippen LogP contribution in [0.25, 0.3) is 0 Å². The van der Waals surface area contributed by atoms with Crippen LogP contribution >= 0.6 is 22.7 Å². The Labute approximate surface area is 311 Å². The molecule has 52 heavy (non-hydrogen) atoms. The molecule has 13 nitrogen and oxygen atoms in total. The average molecular weight is 751 g/mol. The zero-order valence-electron chi connectivity index (χ0n) is 29.6. The minimum absolute atomic E-state index is 0.0397. The summed E-state index contributed by atoms with van der Waals surface area (Å²) in [5, 5.41) is 28.1. The predicted octanol–water partition coefficient (Wildman–Crippen LogP) is 4.62. The first kappa shape index (κ1) is 39.9. The molecule has 0 aliphatic rings. The second-order valence-electron chi connectivity index (χ2n) is 12.8. The molecule has 0 radical (unpaired) electrons. The Hall–Kier alpha value is -4.86. The van der Waals surface area contributed by atoms with E-state index in [0.29, 0.717) is 10.0 Å². The molecule has 4 amide bonds. The minimum Gasteiger partial charge on any atom is -0.442 e. The maximum atomic E-state index is 13.9. The fourth-order valence-electron chi connectivity index (χ4n) is 5.39. The highest BCUT2D eigenvalue weighted by Gasteiger charge is 2.36. The van der Waals surface area contributed by atoms with E-state index in [1.54, 1.807) is 50.8 Å². The fourth-order valence-corrected chi connectivity index (χ4v) is 6.44.